The zero-order valence-electron chi connectivity index (χ0n) is 17.1. The Morgan fingerprint density at radius 3 is 2.84 bits per heavy atom. The van der Waals surface area contributed by atoms with Crippen LogP contribution < -0.4 is 16.0 Å². The maximum Gasteiger partial charge on any atom is 0.314 e. The summed E-state index contributed by atoms with van der Waals surface area (Å²) in [6.45, 7) is 1.84. The maximum atomic E-state index is 12.6. The Bertz CT molecular complexity index is 951. The van der Waals surface area contributed by atoms with E-state index in [4.69, 9.17) is 16.3 Å². The third-order valence-corrected chi connectivity index (χ3v) is 5.81. The number of methoxy groups -OCH3 is 1. The smallest absolute Gasteiger partial charge is 0.314 e. The van der Waals surface area contributed by atoms with Crippen LogP contribution in [-0.4, -0.2) is 72.5 Å². The summed E-state index contributed by atoms with van der Waals surface area (Å²) < 4.78 is 5.12. The third kappa shape index (κ3) is 6.44. The lowest BCUT2D eigenvalue weighted by molar-refractivity contribution is -0.136. The van der Waals surface area contributed by atoms with Crippen molar-refractivity contribution in [3.63, 3.8) is 0 Å². The summed E-state index contributed by atoms with van der Waals surface area (Å²) in [5.41, 5.74) is 0.956. The van der Waals surface area contributed by atoms with Crippen molar-refractivity contribution in [2.45, 2.75) is 19.0 Å². The monoisotopic (exact) mass is 466 g/mol. The van der Waals surface area contributed by atoms with E-state index in [0.29, 0.717) is 10.0 Å². The molecule has 3 amide bonds. The van der Waals surface area contributed by atoms with Crippen LogP contribution in [0.1, 0.15) is 20.4 Å². The number of hydrogen-bond donors (Lipinski definition) is 3. The lowest BCUT2D eigenvalue weighted by Gasteiger charge is -2.20. The standard InChI is InChI=1S/C19H23ClN6O4S/c1-26-6-5-13-14(9-26)31-19(24-13)18(29)23-12(10-30-2)8-22-16(27)17(28)25-15-4-3-11(20)7-21-15/h3-4,7,12H,5-6,8-10H2,1-2H3,(H,22,27)(H,23,29)(H,21,25,28). The van der Waals surface area contributed by atoms with Crippen molar-refractivity contribution in [1.82, 2.24) is 25.5 Å². The molecule has 12 heteroatoms. The fourth-order valence-corrected chi connectivity index (χ4v) is 4.14. The predicted octanol–water partition coefficient (Wildman–Crippen LogP) is 0.679. The Morgan fingerprint density at radius 2 is 2.13 bits per heavy atom. The van der Waals surface area contributed by atoms with E-state index >= 15 is 0 Å². The summed E-state index contributed by atoms with van der Waals surface area (Å²) in [6.07, 6.45) is 2.17. The maximum absolute atomic E-state index is 12.6. The van der Waals surface area contributed by atoms with Gasteiger partial charge in [-0.3, -0.25) is 14.4 Å². The number of nitrogens with one attached hydrogen (secondary N) is 3. The first kappa shape index (κ1) is 23.1. The van der Waals surface area contributed by atoms with E-state index in [2.05, 4.69) is 30.8 Å². The molecule has 0 saturated heterocycles. The van der Waals surface area contributed by atoms with Crippen molar-refractivity contribution in [2.24, 2.45) is 0 Å². The molecule has 3 rings (SSSR count). The molecule has 1 aliphatic heterocycles. The summed E-state index contributed by atoms with van der Waals surface area (Å²) >= 11 is 7.11. The van der Waals surface area contributed by atoms with Crippen molar-refractivity contribution in [1.29, 1.82) is 0 Å². The van der Waals surface area contributed by atoms with Gasteiger partial charge in [-0.15, -0.1) is 11.3 Å². The van der Waals surface area contributed by atoms with Crippen LogP contribution >= 0.6 is 22.9 Å². The van der Waals surface area contributed by atoms with E-state index in [1.54, 1.807) is 6.07 Å². The van der Waals surface area contributed by atoms with Crippen molar-refractivity contribution in [3.8, 4) is 0 Å². The zero-order chi connectivity index (χ0) is 22.4. The number of thiazole rings is 1. The molecule has 3 N–H and O–H groups in total. The van der Waals surface area contributed by atoms with Crippen molar-refractivity contribution in [2.75, 3.05) is 39.2 Å². The predicted molar refractivity (Wildman–Crippen MR) is 116 cm³/mol. The topological polar surface area (TPSA) is 126 Å². The van der Waals surface area contributed by atoms with E-state index in [9.17, 15) is 14.4 Å². The molecule has 1 aliphatic rings. The number of anilines is 1. The number of carbonyl (C=O) groups excluding carboxylic acids is 3. The minimum Gasteiger partial charge on any atom is -0.382 e. The summed E-state index contributed by atoms with van der Waals surface area (Å²) in [5.74, 6) is -1.88. The Labute approximate surface area is 188 Å². The molecule has 0 spiro atoms. The average molecular weight is 467 g/mol. The Morgan fingerprint density at radius 1 is 1.32 bits per heavy atom. The van der Waals surface area contributed by atoms with Crippen LogP contribution in [-0.2, 0) is 27.3 Å². The summed E-state index contributed by atoms with van der Waals surface area (Å²) in [6, 6.07) is 2.49. The van der Waals surface area contributed by atoms with Gasteiger partial charge in [0, 0.05) is 44.2 Å². The first-order valence-electron chi connectivity index (χ1n) is 9.53. The second-order valence-corrected chi connectivity index (χ2v) is 8.55. The minimum absolute atomic E-state index is 0.00765. The van der Waals surface area contributed by atoms with Gasteiger partial charge in [-0.2, -0.15) is 0 Å². The molecule has 0 aromatic carbocycles. The van der Waals surface area contributed by atoms with E-state index < -0.39 is 17.9 Å². The number of carbonyl (C=O) groups is 3. The first-order chi connectivity index (χ1) is 14.9. The van der Waals surface area contributed by atoms with E-state index in [0.717, 1.165) is 30.1 Å². The van der Waals surface area contributed by atoms with Gasteiger partial charge in [0.05, 0.1) is 23.4 Å². The second-order valence-electron chi connectivity index (χ2n) is 7.03. The van der Waals surface area contributed by atoms with Crippen LogP contribution in [0.2, 0.25) is 5.02 Å². The molecule has 0 saturated carbocycles. The highest BCUT2D eigenvalue weighted by Gasteiger charge is 2.24. The van der Waals surface area contributed by atoms with Crippen LogP contribution in [0.25, 0.3) is 0 Å². The summed E-state index contributed by atoms with van der Waals surface area (Å²) in [4.78, 5) is 48.4. The minimum atomic E-state index is -0.881. The van der Waals surface area contributed by atoms with Gasteiger partial charge in [-0.25, -0.2) is 9.97 Å². The highest BCUT2D eigenvalue weighted by Crippen LogP contribution is 2.24. The lowest BCUT2D eigenvalue weighted by atomic mass is 10.2. The number of hydrogen-bond acceptors (Lipinski definition) is 8. The largest absolute Gasteiger partial charge is 0.382 e. The van der Waals surface area contributed by atoms with Gasteiger partial charge < -0.3 is 25.6 Å². The summed E-state index contributed by atoms with van der Waals surface area (Å²) in [7, 11) is 3.51. The van der Waals surface area contributed by atoms with Gasteiger partial charge in [0.25, 0.3) is 5.91 Å². The van der Waals surface area contributed by atoms with Crippen molar-refractivity contribution in [3.05, 3.63) is 38.9 Å². The number of pyridine rings is 1. The van der Waals surface area contributed by atoms with Crippen LogP contribution in [0, 0.1) is 0 Å². The van der Waals surface area contributed by atoms with Gasteiger partial charge >= 0.3 is 11.8 Å². The zero-order valence-corrected chi connectivity index (χ0v) is 18.7. The highest BCUT2D eigenvalue weighted by molar-refractivity contribution is 7.13. The number of rotatable bonds is 7. The van der Waals surface area contributed by atoms with Gasteiger partial charge in [0.1, 0.15) is 5.82 Å². The van der Waals surface area contributed by atoms with Gasteiger partial charge in [0.2, 0.25) is 0 Å². The van der Waals surface area contributed by atoms with E-state index in [-0.39, 0.29) is 24.9 Å². The normalized spacial score (nSPS) is 14.4. The number of amides is 3. The summed E-state index contributed by atoms with van der Waals surface area (Å²) in [5, 5.41) is 8.45. The van der Waals surface area contributed by atoms with Gasteiger partial charge in [-0.1, -0.05) is 11.6 Å². The number of aromatic nitrogens is 2. The highest BCUT2D eigenvalue weighted by atomic mass is 35.5. The molecular weight excluding hydrogens is 444 g/mol. The molecular formula is C19H23ClN6O4S. The molecule has 10 nitrogen and oxygen atoms in total. The fourth-order valence-electron chi connectivity index (χ4n) is 2.94. The molecule has 2 aromatic heterocycles. The van der Waals surface area contributed by atoms with Crippen LogP contribution in [0.15, 0.2) is 18.3 Å². The first-order valence-corrected chi connectivity index (χ1v) is 10.7. The number of likely N-dealkylation sites (N-methyl/N-ethyl adjacent to an activating group) is 1. The number of nitrogens with zero attached hydrogens (tertiary/aromatic N) is 3. The Balaban J connectivity index is 1.53. The molecule has 0 aliphatic carbocycles. The molecule has 1 unspecified atom stereocenters. The molecule has 31 heavy (non-hydrogen) atoms. The number of ether oxygens (including phenoxy) is 1. The average Bonchev–Trinajstić information content (AvgIpc) is 3.17. The molecule has 2 aromatic rings. The number of fused-ring (bicyclic) bond motifs is 1. The van der Waals surface area contributed by atoms with Crippen molar-refractivity contribution < 1.29 is 19.1 Å². The van der Waals surface area contributed by atoms with Gasteiger partial charge in [0.15, 0.2) is 5.01 Å². The Hall–Kier alpha value is -2.60. The number of halogens is 1. The third-order valence-electron chi connectivity index (χ3n) is 4.50. The van der Waals surface area contributed by atoms with Crippen LogP contribution in [0.5, 0.6) is 0 Å². The Kier molecular flexibility index (Phi) is 7.91. The SMILES string of the molecule is COCC(CNC(=O)C(=O)Nc1ccc(Cl)cn1)NC(=O)c1nc2c(s1)CN(C)CC2. The van der Waals surface area contributed by atoms with E-state index in [1.807, 2.05) is 7.05 Å². The van der Waals surface area contributed by atoms with Gasteiger partial charge in [-0.05, 0) is 19.2 Å². The lowest BCUT2D eigenvalue weighted by Crippen LogP contribution is -2.48. The molecule has 166 valence electrons. The van der Waals surface area contributed by atoms with E-state index in [1.165, 1.54) is 30.7 Å². The fraction of sp³-hybridized carbons (Fsp3) is 0.421. The van der Waals surface area contributed by atoms with Crippen molar-refractivity contribution >= 4 is 46.5 Å². The quantitative estimate of drug-likeness (QED) is 0.512. The molecule has 1 atom stereocenters. The van der Waals surface area contributed by atoms with Crippen LogP contribution in [0.3, 0.4) is 0 Å². The molecule has 3 heterocycles. The van der Waals surface area contributed by atoms with Crippen LogP contribution in [0.4, 0.5) is 5.82 Å². The molecule has 0 fully saturated rings. The second kappa shape index (κ2) is 10.6. The molecule has 0 radical (unpaired) electrons. The molecule has 0 bridgehead atoms.